The van der Waals surface area contributed by atoms with Gasteiger partial charge in [-0.3, -0.25) is 4.90 Å². The number of carboxylic acids is 1. The number of likely N-dealkylation sites (tertiary alicyclic amines) is 1. The van der Waals surface area contributed by atoms with Gasteiger partial charge in [0.25, 0.3) is 0 Å². The second-order valence-electron chi connectivity index (χ2n) is 6.10. The molecular weight excluding hydrogens is 306 g/mol. The van der Waals surface area contributed by atoms with E-state index in [1.54, 1.807) is 0 Å². The maximum atomic E-state index is 10.5. The van der Waals surface area contributed by atoms with Gasteiger partial charge in [-0.15, -0.1) is 0 Å². The van der Waals surface area contributed by atoms with Crippen LogP contribution in [0.5, 0.6) is 5.75 Å². The van der Waals surface area contributed by atoms with Crippen LogP contribution < -0.4 is 4.74 Å². The third kappa shape index (κ3) is 4.29. The number of aliphatic carboxylic acids is 1. The van der Waals surface area contributed by atoms with E-state index >= 15 is 0 Å². The number of aromatic nitrogens is 2. The average Bonchev–Trinajstić information content (AvgIpc) is 3.03. The van der Waals surface area contributed by atoms with Gasteiger partial charge in [0, 0.05) is 30.9 Å². The van der Waals surface area contributed by atoms with Crippen molar-refractivity contribution in [2.24, 2.45) is 0 Å². The zero-order valence-corrected chi connectivity index (χ0v) is 13.7. The molecule has 1 atom stereocenters. The van der Waals surface area contributed by atoms with Crippen LogP contribution in [0.15, 0.2) is 36.5 Å². The highest BCUT2D eigenvalue weighted by Gasteiger charge is 2.25. The third-order valence-corrected chi connectivity index (χ3v) is 4.14. The molecule has 0 amide bonds. The van der Waals surface area contributed by atoms with Gasteiger partial charge in [0.2, 0.25) is 0 Å². The predicted molar refractivity (Wildman–Crippen MR) is 89.0 cm³/mol. The fourth-order valence-corrected chi connectivity index (χ4v) is 2.95. The van der Waals surface area contributed by atoms with Gasteiger partial charge in [0.1, 0.15) is 11.6 Å². The molecule has 1 N–H and O–H groups in total. The molecule has 2 heterocycles. The summed E-state index contributed by atoms with van der Waals surface area (Å²) in [7, 11) is 0. The first-order valence-corrected chi connectivity index (χ1v) is 8.05. The molecule has 6 heteroatoms. The molecule has 0 unspecified atom stereocenters. The lowest BCUT2D eigenvalue weighted by atomic mass is 10.1. The summed E-state index contributed by atoms with van der Waals surface area (Å²) < 4.78 is 5.15. The van der Waals surface area contributed by atoms with Crippen LogP contribution in [-0.4, -0.2) is 45.6 Å². The molecule has 2 aromatic rings. The topological polar surface area (TPSA) is 75.6 Å². The smallest absolute Gasteiger partial charge is 0.341 e. The summed E-state index contributed by atoms with van der Waals surface area (Å²) in [6, 6.07) is 9.51. The Bertz CT molecular complexity index is 703. The number of benzene rings is 1. The van der Waals surface area contributed by atoms with Crippen LogP contribution in [0.4, 0.5) is 0 Å². The molecule has 3 rings (SSSR count). The zero-order chi connectivity index (χ0) is 16.9. The van der Waals surface area contributed by atoms with E-state index in [0.29, 0.717) is 11.7 Å². The maximum Gasteiger partial charge on any atom is 0.341 e. The van der Waals surface area contributed by atoms with Gasteiger partial charge >= 0.3 is 5.97 Å². The van der Waals surface area contributed by atoms with E-state index in [9.17, 15) is 4.79 Å². The average molecular weight is 327 g/mol. The molecule has 1 aromatic carbocycles. The minimum absolute atomic E-state index is 0.316. The molecule has 6 nitrogen and oxygen atoms in total. The largest absolute Gasteiger partial charge is 0.482 e. The Kier molecular flexibility index (Phi) is 5.05. The molecule has 1 aliphatic heterocycles. The number of hydrogen-bond acceptors (Lipinski definition) is 5. The number of ether oxygens (including phenoxy) is 1. The van der Waals surface area contributed by atoms with Crippen molar-refractivity contribution in [3.8, 4) is 5.75 Å². The summed E-state index contributed by atoms with van der Waals surface area (Å²) in [5.74, 6) is 0.937. The van der Waals surface area contributed by atoms with E-state index in [0.717, 1.165) is 37.6 Å². The summed E-state index contributed by atoms with van der Waals surface area (Å²) in [5.41, 5.74) is 2.19. The molecule has 24 heavy (non-hydrogen) atoms. The van der Waals surface area contributed by atoms with Crippen LogP contribution in [-0.2, 0) is 11.3 Å². The van der Waals surface area contributed by atoms with Crippen LogP contribution >= 0.6 is 0 Å². The van der Waals surface area contributed by atoms with Crippen LogP contribution in [0.1, 0.15) is 29.4 Å². The highest BCUT2D eigenvalue weighted by atomic mass is 16.5. The number of nitrogens with zero attached hydrogens (tertiary/aromatic N) is 3. The molecule has 0 aliphatic carbocycles. The normalized spacial score (nSPS) is 17.8. The molecule has 1 saturated heterocycles. The zero-order valence-electron chi connectivity index (χ0n) is 13.7. The van der Waals surface area contributed by atoms with Crippen molar-refractivity contribution in [3.05, 3.63) is 53.6 Å². The van der Waals surface area contributed by atoms with Gasteiger partial charge in [-0.25, -0.2) is 14.8 Å². The second kappa shape index (κ2) is 7.40. The summed E-state index contributed by atoms with van der Waals surface area (Å²) in [5, 5.41) is 8.61. The molecule has 0 spiro atoms. The highest BCUT2D eigenvalue weighted by Crippen LogP contribution is 2.26. The van der Waals surface area contributed by atoms with Crippen molar-refractivity contribution in [1.29, 1.82) is 0 Å². The van der Waals surface area contributed by atoms with Gasteiger partial charge in [0.05, 0.1) is 0 Å². The van der Waals surface area contributed by atoms with Crippen molar-refractivity contribution in [1.82, 2.24) is 14.9 Å². The van der Waals surface area contributed by atoms with Crippen LogP contribution in [0.2, 0.25) is 0 Å². The summed E-state index contributed by atoms with van der Waals surface area (Å²) in [6.07, 6.45) is 2.90. The molecule has 1 aromatic heterocycles. The van der Waals surface area contributed by atoms with E-state index in [1.165, 1.54) is 5.56 Å². The summed E-state index contributed by atoms with van der Waals surface area (Å²) >= 11 is 0. The summed E-state index contributed by atoms with van der Waals surface area (Å²) in [4.78, 5) is 21.8. The first kappa shape index (κ1) is 16.4. The Balaban J connectivity index is 1.54. The lowest BCUT2D eigenvalue weighted by molar-refractivity contribution is -0.139. The molecular formula is C18H21N3O3. The van der Waals surface area contributed by atoms with Crippen molar-refractivity contribution in [2.75, 3.05) is 19.7 Å². The summed E-state index contributed by atoms with van der Waals surface area (Å²) in [6.45, 7) is 4.52. The second-order valence-corrected chi connectivity index (χ2v) is 6.10. The van der Waals surface area contributed by atoms with Crippen molar-refractivity contribution < 1.29 is 14.6 Å². The number of carboxylic acid groups (broad SMARTS) is 1. The lowest BCUT2D eigenvalue weighted by Crippen LogP contribution is -2.20. The molecule has 0 radical (unpaired) electrons. The minimum atomic E-state index is -0.972. The SMILES string of the molecule is Cc1ccnc([C@H]2CCN(Cc3ccc(OCC(=O)O)cc3)C2)n1. The van der Waals surface area contributed by atoms with Crippen LogP contribution in [0, 0.1) is 6.92 Å². The predicted octanol–water partition coefficient (Wildman–Crippen LogP) is 2.24. The Morgan fingerprint density at radius 1 is 1.33 bits per heavy atom. The lowest BCUT2D eigenvalue weighted by Gasteiger charge is -2.16. The number of carbonyl (C=O) groups is 1. The number of rotatable bonds is 6. The fraction of sp³-hybridized carbons (Fsp3) is 0.389. The van der Waals surface area contributed by atoms with Crippen molar-refractivity contribution in [3.63, 3.8) is 0 Å². The Morgan fingerprint density at radius 3 is 2.83 bits per heavy atom. The monoisotopic (exact) mass is 327 g/mol. The van der Waals surface area contributed by atoms with E-state index in [2.05, 4.69) is 14.9 Å². The van der Waals surface area contributed by atoms with Gasteiger partial charge in [-0.1, -0.05) is 12.1 Å². The number of hydrogen-bond donors (Lipinski definition) is 1. The van der Waals surface area contributed by atoms with Gasteiger partial charge in [-0.05, 0) is 43.7 Å². The van der Waals surface area contributed by atoms with Crippen LogP contribution in [0.25, 0.3) is 0 Å². The Morgan fingerprint density at radius 2 is 2.12 bits per heavy atom. The van der Waals surface area contributed by atoms with Crippen molar-refractivity contribution >= 4 is 5.97 Å². The molecule has 1 fully saturated rings. The molecule has 0 bridgehead atoms. The first-order chi connectivity index (χ1) is 11.6. The van der Waals surface area contributed by atoms with E-state index < -0.39 is 5.97 Å². The fourth-order valence-electron chi connectivity index (χ4n) is 2.95. The van der Waals surface area contributed by atoms with Gasteiger partial charge < -0.3 is 9.84 Å². The Hall–Kier alpha value is -2.47. The highest BCUT2D eigenvalue weighted by molar-refractivity contribution is 5.68. The standard InChI is InChI=1S/C18H21N3O3/c1-13-6-8-19-18(20-13)15-7-9-21(11-15)10-14-2-4-16(5-3-14)24-12-17(22)23/h2-6,8,15H,7,9-12H2,1H3,(H,22,23)/t15-/m0/s1. The van der Waals surface area contributed by atoms with Gasteiger partial charge in [0.15, 0.2) is 6.61 Å². The first-order valence-electron chi connectivity index (χ1n) is 8.05. The van der Waals surface area contributed by atoms with Crippen molar-refractivity contribution in [2.45, 2.75) is 25.8 Å². The van der Waals surface area contributed by atoms with E-state index in [-0.39, 0.29) is 6.61 Å². The molecule has 1 aliphatic rings. The van der Waals surface area contributed by atoms with Gasteiger partial charge in [-0.2, -0.15) is 0 Å². The van der Waals surface area contributed by atoms with E-state index in [1.807, 2.05) is 43.5 Å². The third-order valence-electron chi connectivity index (χ3n) is 4.14. The van der Waals surface area contributed by atoms with E-state index in [4.69, 9.17) is 9.84 Å². The molecule has 0 saturated carbocycles. The Labute approximate surface area is 141 Å². The minimum Gasteiger partial charge on any atom is -0.482 e. The number of aryl methyl sites for hydroxylation is 1. The maximum absolute atomic E-state index is 10.5. The molecule has 126 valence electrons. The quantitative estimate of drug-likeness (QED) is 0.877. The van der Waals surface area contributed by atoms with Crippen LogP contribution in [0.3, 0.4) is 0 Å².